The molecule has 1 heterocycles. The molecule has 0 bridgehead atoms. The van der Waals surface area contributed by atoms with Crippen LogP contribution in [0.1, 0.15) is 30.0 Å². The summed E-state index contributed by atoms with van der Waals surface area (Å²) in [5, 5.41) is 15.8. The van der Waals surface area contributed by atoms with E-state index < -0.39 is 6.10 Å². The lowest BCUT2D eigenvalue weighted by Gasteiger charge is -2.06. The minimum absolute atomic E-state index is 0.203. The zero-order valence-corrected chi connectivity index (χ0v) is 9.32. The molecular formula is C10H17N3O2. The summed E-state index contributed by atoms with van der Waals surface area (Å²) in [4.78, 5) is 11.6. The number of carbonyl (C=O) groups is 1. The summed E-state index contributed by atoms with van der Waals surface area (Å²) in [7, 11) is 1.73. The van der Waals surface area contributed by atoms with Gasteiger partial charge in [0.25, 0.3) is 5.91 Å². The fourth-order valence-corrected chi connectivity index (χ4v) is 1.24. The molecule has 5 heteroatoms. The van der Waals surface area contributed by atoms with E-state index in [1.165, 1.54) is 0 Å². The van der Waals surface area contributed by atoms with Gasteiger partial charge in [0, 0.05) is 13.6 Å². The normalized spacial score (nSPS) is 12.5. The maximum absolute atomic E-state index is 11.6. The van der Waals surface area contributed by atoms with Gasteiger partial charge in [0.15, 0.2) is 0 Å². The number of hydrogen-bond acceptors (Lipinski definition) is 3. The Hall–Kier alpha value is -1.36. The van der Waals surface area contributed by atoms with Crippen LogP contribution in [0.5, 0.6) is 0 Å². The van der Waals surface area contributed by atoms with Crippen LogP contribution in [0, 0.1) is 0 Å². The maximum atomic E-state index is 11.6. The van der Waals surface area contributed by atoms with Gasteiger partial charge in [-0.3, -0.25) is 9.48 Å². The van der Waals surface area contributed by atoms with E-state index >= 15 is 0 Å². The standard InChI is InChI=1S/C10H17N3O2/c1-4-8-5-9(13(3)12-8)10(15)11-6-7(2)14/h5,7,14H,4,6H2,1-3H3,(H,11,15)/t7-/m0/s1. The van der Waals surface area contributed by atoms with Crippen LogP contribution in [0.3, 0.4) is 0 Å². The van der Waals surface area contributed by atoms with E-state index in [-0.39, 0.29) is 12.5 Å². The van der Waals surface area contributed by atoms with Crippen molar-refractivity contribution in [1.82, 2.24) is 15.1 Å². The van der Waals surface area contributed by atoms with E-state index in [1.54, 1.807) is 24.7 Å². The quantitative estimate of drug-likeness (QED) is 0.742. The number of aromatic nitrogens is 2. The Kier molecular flexibility index (Phi) is 3.85. The Labute approximate surface area is 89.1 Å². The predicted octanol–water partition coefficient (Wildman–Crippen LogP) is 0.0931. The Bertz CT molecular complexity index is 344. The highest BCUT2D eigenvalue weighted by Crippen LogP contribution is 2.03. The molecule has 1 aromatic heterocycles. The summed E-state index contributed by atoms with van der Waals surface area (Å²) < 4.78 is 1.55. The SMILES string of the molecule is CCc1cc(C(=O)NC[C@H](C)O)n(C)n1. The molecule has 1 amide bonds. The van der Waals surface area contributed by atoms with Gasteiger partial charge in [-0.2, -0.15) is 5.10 Å². The fraction of sp³-hybridized carbons (Fsp3) is 0.600. The molecule has 0 saturated heterocycles. The Morgan fingerprint density at radius 3 is 2.87 bits per heavy atom. The first-order valence-corrected chi connectivity index (χ1v) is 5.03. The maximum Gasteiger partial charge on any atom is 0.269 e. The number of rotatable bonds is 4. The number of nitrogens with zero attached hydrogens (tertiary/aromatic N) is 2. The van der Waals surface area contributed by atoms with Crippen molar-refractivity contribution in [3.63, 3.8) is 0 Å². The molecule has 0 aromatic carbocycles. The lowest BCUT2D eigenvalue weighted by molar-refractivity contribution is 0.0914. The highest BCUT2D eigenvalue weighted by atomic mass is 16.3. The molecule has 0 spiro atoms. The van der Waals surface area contributed by atoms with Crippen molar-refractivity contribution in [2.24, 2.45) is 7.05 Å². The molecule has 0 fully saturated rings. The van der Waals surface area contributed by atoms with Gasteiger partial charge in [0.2, 0.25) is 0 Å². The van der Waals surface area contributed by atoms with Gasteiger partial charge in [-0.1, -0.05) is 6.92 Å². The van der Waals surface area contributed by atoms with E-state index in [1.807, 2.05) is 6.92 Å². The van der Waals surface area contributed by atoms with Crippen molar-refractivity contribution in [2.75, 3.05) is 6.54 Å². The van der Waals surface area contributed by atoms with Crippen LogP contribution >= 0.6 is 0 Å². The van der Waals surface area contributed by atoms with Crippen LogP contribution in [0.4, 0.5) is 0 Å². The summed E-state index contributed by atoms with van der Waals surface area (Å²) in [5.74, 6) is -0.203. The topological polar surface area (TPSA) is 67.2 Å². The predicted molar refractivity (Wildman–Crippen MR) is 56.6 cm³/mol. The first kappa shape index (κ1) is 11.7. The summed E-state index contributed by atoms with van der Waals surface area (Å²) in [6.07, 6.45) is 0.269. The fourth-order valence-electron chi connectivity index (χ4n) is 1.24. The van der Waals surface area contributed by atoms with Gasteiger partial charge in [-0.25, -0.2) is 0 Å². The monoisotopic (exact) mass is 211 g/mol. The van der Waals surface area contributed by atoms with Gasteiger partial charge in [-0.15, -0.1) is 0 Å². The highest BCUT2D eigenvalue weighted by molar-refractivity contribution is 5.92. The van der Waals surface area contributed by atoms with Crippen LogP contribution in [0.2, 0.25) is 0 Å². The number of hydrogen-bond donors (Lipinski definition) is 2. The minimum Gasteiger partial charge on any atom is -0.392 e. The van der Waals surface area contributed by atoms with E-state index in [4.69, 9.17) is 5.11 Å². The molecule has 0 aliphatic rings. The third-order valence-corrected chi connectivity index (χ3v) is 2.08. The lowest BCUT2D eigenvalue weighted by Crippen LogP contribution is -2.31. The molecule has 1 atom stereocenters. The molecular weight excluding hydrogens is 194 g/mol. The van der Waals surface area contributed by atoms with E-state index in [0.717, 1.165) is 12.1 Å². The van der Waals surface area contributed by atoms with Gasteiger partial charge >= 0.3 is 0 Å². The Morgan fingerprint density at radius 2 is 2.40 bits per heavy atom. The first-order valence-electron chi connectivity index (χ1n) is 5.03. The van der Waals surface area contributed by atoms with Crippen LogP contribution in [0.25, 0.3) is 0 Å². The molecule has 0 unspecified atom stereocenters. The average Bonchev–Trinajstić information content (AvgIpc) is 2.56. The van der Waals surface area contributed by atoms with Gasteiger partial charge in [0.1, 0.15) is 5.69 Å². The van der Waals surface area contributed by atoms with Gasteiger partial charge < -0.3 is 10.4 Å². The second-order valence-electron chi connectivity index (χ2n) is 3.56. The van der Waals surface area contributed by atoms with Crippen molar-refractivity contribution < 1.29 is 9.90 Å². The van der Waals surface area contributed by atoms with E-state index in [0.29, 0.717) is 5.69 Å². The number of aliphatic hydroxyl groups excluding tert-OH is 1. The van der Waals surface area contributed by atoms with Gasteiger partial charge in [0.05, 0.1) is 11.8 Å². The van der Waals surface area contributed by atoms with Crippen LogP contribution in [-0.4, -0.2) is 33.4 Å². The molecule has 0 saturated carbocycles. The third-order valence-electron chi connectivity index (χ3n) is 2.08. The zero-order chi connectivity index (χ0) is 11.4. The molecule has 0 radical (unpaired) electrons. The smallest absolute Gasteiger partial charge is 0.269 e. The van der Waals surface area contributed by atoms with E-state index in [2.05, 4.69) is 10.4 Å². The lowest BCUT2D eigenvalue weighted by atomic mass is 10.3. The van der Waals surface area contributed by atoms with Crippen LogP contribution in [-0.2, 0) is 13.5 Å². The number of nitrogens with one attached hydrogen (secondary N) is 1. The van der Waals surface area contributed by atoms with Crippen molar-refractivity contribution in [3.05, 3.63) is 17.5 Å². The molecule has 1 rings (SSSR count). The molecule has 2 N–H and O–H groups in total. The molecule has 84 valence electrons. The van der Waals surface area contributed by atoms with Crippen LogP contribution in [0.15, 0.2) is 6.07 Å². The molecule has 15 heavy (non-hydrogen) atoms. The summed E-state index contributed by atoms with van der Waals surface area (Å²) in [6.45, 7) is 3.87. The molecule has 1 aromatic rings. The van der Waals surface area contributed by atoms with Crippen molar-refractivity contribution in [1.29, 1.82) is 0 Å². The number of aryl methyl sites for hydroxylation is 2. The average molecular weight is 211 g/mol. The highest BCUT2D eigenvalue weighted by Gasteiger charge is 2.12. The summed E-state index contributed by atoms with van der Waals surface area (Å²) in [6, 6.07) is 1.76. The number of amides is 1. The Balaban J connectivity index is 2.68. The second-order valence-corrected chi connectivity index (χ2v) is 3.56. The van der Waals surface area contributed by atoms with Crippen molar-refractivity contribution in [2.45, 2.75) is 26.4 Å². The summed E-state index contributed by atoms with van der Waals surface area (Å²) in [5.41, 5.74) is 1.41. The first-order chi connectivity index (χ1) is 7.04. The zero-order valence-electron chi connectivity index (χ0n) is 9.32. The largest absolute Gasteiger partial charge is 0.392 e. The van der Waals surface area contributed by atoms with Crippen LogP contribution < -0.4 is 5.32 Å². The summed E-state index contributed by atoms with van der Waals surface area (Å²) >= 11 is 0. The van der Waals surface area contributed by atoms with Crippen molar-refractivity contribution in [3.8, 4) is 0 Å². The molecule has 0 aliphatic heterocycles. The number of aliphatic hydroxyl groups is 1. The molecule has 0 aliphatic carbocycles. The minimum atomic E-state index is -0.534. The van der Waals surface area contributed by atoms with Gasteiger partial charge in [-0.05, 0) is 19.4 Å². The molecule has 5 nitrogen and oxygen atoms in total. The Morgan fingerprint density at radius 1 is 1.73 bits per heavy atom. The van der Waals surface area contributed by atoms with Crippen molar-refractivity contribution >= 4 is 5.91 Å². The third kappa shape index (κ3) is 3.06. The number of carbonyl (C=O) groups excluding carboxylic acids is 1. The van der Waals surface area contributed by atoms with E-state index in [9.17, 15) is 4.79 Å². The second kappa shape index (κ2) is 4.93.